The number of ether oxygens (including phenoxy) is 3. The van der Waals surface area contributed by atoms with Crippen molar-refractivity contribution < 1.29 is 24.1 Å². The second-order valence-electron chi connectivity index (χ2n) is 7.42. The molecule has 0 aliphatic heterocycles. The number of aromatic nitrogens is 2. The summed E-state index contributed by atoms with van der Waals surface area (Å²) >= 11 is 6.13. The van der Waals surface area contributed by atoms with Crippen LogP contribution in [0.2, 0.25) is 5.02 Å². The predicted octanol–water partition coefficient (Wildman–Crippen LogP) is 4.93. The van der Waals surface area contributed by atoms with Crippen molar-refractivity contribution >= 4 is 40.6 Å². The number of rotatable bonds is 7. The Morgan fingerprint density at radius 2 is 1.60 bits per heavy atom. The lowest BCUT2D eigenvalue weighted by atomic mass is 10.1. The lowest BCUT2D eigenvalue weighted by Crippen LogP contribution is -2.22. The van der Waals surface area contributed by atoms with E-state index in [1.54, 1.807) is 54.6 Å². The number of carbonyl (C=O) groups is 1. The van der Waals surface area contributed by atoms with Crippen LogP contribution in [0.5, 0.6) is 17.2 Å². The first-order chi connectivity index (χ1) is 16.9. The lowest BCUT2D eigenvalue weighted by molar-refractivity contribution is 0.0697. The molecule has 0 amide bonds. The highest BCUT2D eigenvalue weighted by atomic mass is 35.5. The van der Waals surface area contributed by atoms with E-state index < -0.39 is 5.97 Å². The van der Waals surface area contributed by atoms with Gasteiger partial charge in [-0.25, -0.2) is 9.78 Å². The number of halogens is 1. The van der Waals surface area contributed by atoms with Gasteiger partial charge in [0.1, 0.15) is 5.82 Å². The highest BCUT2D eigenvalue weighted by molar-refractivity contribution is 6.31. The van der Waals surface area contributed by atoms with Gasteiger partial charge in [-0.15, -0.1) is 0 Å². The summed E-state index contributed by atoms with van der Waals surface area (Å²) in [4.78, 5) is 29.4. The van der Waals surface area contributed by atoms with Gasteiger partial charge in [0, 0.05) is 5.02 Å². The van der Waals surface area contributed by atoms with Crippen molar-refractivity contribution in [3.8, 4) is 22.9 Å². The van der Waals surface area contributed by atoms with E-state index in [1.165, 1.54) is 38.0 Å². The molecule has 0 spiro atoms. The van der Waals surface area contributed by atoms with E-state index in [0.29, 0.717) is 50.2 Å². The highest BCUT2D eigenvalue weighted by Crippen LogP contribution is 2.38. The SMILES string of the molecule is COc1cc(C=Cc2nc3cc(Cl)ccc3c(=O)n2-c2ccc(C(=O)O)cc2)cc(OC)c1OC. The number of nitrogens with zero attached hydrogens (tertiary/aromatic N) is 2. The second-order valence-corrected chi connectivity index (χ2v) is 7.85. The van der Waals surface area contributed by atoms with Gasteiger partial charge in [-0.05, 0) is 66.2 Å². The fourth-order valence-electron chi connectivity index (χ4n) is 3.66. The molecule has 8 nitrogen and oxygen atoms in total. The molecule has 178 valence electrons. The molecule has 0 radical (unpaired) electrons. The number of hydrogen-bond donors (Lipinski definition) is 1. The molecule has 0 bridgehead atoms. The third-order valence-corrected chi connectivity index (χ3v) is 5.58. The topological polar surface area (TPSA) is 99.9 Å². The average Bonchev–Trinajstić information content (AvgIpc) is 2.86. The van der Waals surface area contributed by atoms with Crippen molar-refractivity contribution in [3.05, 3.63) is 86.9 Å². The zero-order valence-corrected chi connectivity index (χ0v) is 19.9. The van der Waals surface area contributed by atoms with E-state index in [2.05, 4.69) is 4.98 Å². The molecule has 4 rings (SSSR count). The summed E-state index contributed by atoms with van der Waals surface area (Å²) in [6.45, 7) is 0. The van der Waals surface area contributed by atoms with Gasteiger partial charge in [-0.3, -0.25) is 9.36 Å². The summed E-state index contributed by atoms with van der Waals surface area (Å²) in [5, 5.41) is 10.0. The van der Waals surface area contributed by atoms with Crippen LogP contribution in [0.1, 0.15) is 21.7 Å². The molecular weight excluding hydrogens is 472 g/mol. The number of carboxylic acid groups (broad SMARTS) is 1. The van der Waals surface area contributed by atoms with Crippen molar-refractivity contribution in [1.29, 1.82) is 0 Å². The summed E-state index contributed by atoms with van der Waals surface area (Å²) in [5.74, 6) is 0.679. The molecule has 0 atom stereocenters. The van der Waals surface area contributed by atoms with E-state index in [9.17, 15) is 14.7 Å². The van der Waals surface area contributed by atoms with Gasteiger partial charge in [0.15, 0.2) is 11.5 Å². The second kappa shape index (κ2) is 9.90. The Morgan fingerprint density at radius 1 is 0.943 bits per heavy atom. The summed E-state index contributed by atoms with van der Waals surface area (Å²) in [6.07, 6.45) is 3.43. The fraction of sp³-hybridized carbons (Fsp3) is 0.115. The molecule has 0 aliphatic rings. The third kappa shape index (κ3) is 4.69. The largest absolute Gasteiger partial charge is 0.493 e. The van der Waals surface area contributed by atoms with Gasteiger partial charge in [0.05, 0.1) is 43.5 Å². The molecule has 0 saturated heterocycles. The van der Waals surface area contributed by atoms with Crippen LogP contribution in [0.25, 0.3) is 28.7 Å². The van der Waals surface area contributed by atoms with Crippen LogP contribution in [0.15, 0.2) is 59.4 Å². The Kier molecular flexibility index (Phi) is 6.75. The van der Waals surface area contributed by atoms with Gasteiger partial charge in [0.2, 0.25) is 5.75 Å². The summed E-state index contributed by atoms with van der Waals surface area (Å²) < 4.78 is 17.6. The predicted molar refractivity (Wildman–Crippen MR) is 134 cm³/mol. The van der Waals surface area contributed by atoms with Gasteiger partial charge >= 0.3 is 5.97 Å². The normalized spacial score (nSPS) is 11.1. The van der Waals surface area contributed by atoms with E-state index in [1.807, 2.05) is 0 Å². The monoisotopic (exact) mass is 492 g/mol. The van der Waals surface area contributed by atoms with E-state index in [-0.39, 0.29) is 11.1 Å². The van der Waals surface area contributed by atoms with Crippen LogP contribution in [0.4, 0.5) is 0 Å². The quantitative estimate of drug-likeness (QED) is 0.390. The molecule has 9 heteroatoms. The van der Waals surface area contributed by atoms with Gasteiger partial charge in [-0.2, -0.15) is 0 Å². The van der Waals surface area contributed by atoms with Crippen molar-refractivity contribution in [2.45, 2.75) is 0 Å². The first kappa shape index (κ1) is 23.8. The van der Waals surface area contributed by atoms with Gasteiger partial charge < -0.3 is 19.3 Å². The smallest absolute Gasteiger partial charge is 0.335 e. The van der Waals surface area contributed by atoms with E-state index in [4.69, 9.17) is 25.8 Å². The summed E-state index contributed by atoms with van der Waals surface area (Å²) in [7, 11) is 4.57. The Bertz CT molecular complexity index is 1480. The number of methoxy groups -OCH3 is 3. The molecule has 1 heterocycles. The molecule has 35 heavy (non-hydrogen) atoms. The molecular formula is C26H21ClN2O6. The van der Waals surface area contributed by atoms with E-state index >= 15 is 0 Å². The van der Waals surface area contributed by atoms with Crippen LogP contribution < -0.4 is 19.8 Å². The lowest BCUT2D eigenvalue weighted by Gasteiger charge is -2.13. The molecule has 0 unspecified atom stereocenters. The standard InChI is InChI=1S/C26H21ClN2O6/c1-33-21-12-15(13-22(34-2)24(21)35-3)4-11-23-28-20-14-17(27)7-10-19(20)25(30)29(23)18-8-5-16(6-9-18)26(31)32/h4-14H,1-3H3,(H,31,32). The Morgan fingerprint density at radius 3 is 2.17 bits per heavy atom. The fourth-order valence-corrected chi connectivity index (χ4v) is 3.83. The molecule has 4 aromatic rings. The van der Waals surface area contributed by atoms with Crippen LogP contribution in [-0.4, -0.2) is 42.0 Å². The maximum absolute atomic E-state index is 13.4. The molecule has 3 aromatic carbocycles. The molecule has 1 aromatic heterocycles. The number of aromatic carboxylic acids is 1. The minimum atomic E-state index is -1.06. The van der Waals surface area contributed by atoms with Gasteiger partial charge in [-0.1, -0.05) is 17.7 Å². The highest BCUT2D eigenvalue weighted by Gasteiger charge is 2.14. The van der Waals surface area contributed by atoms with Crippen molar-refractivity contribution in [1.82, 2.24) is 9.55 Å². The van der Waals surface area contributed by atoms with Crippen molar-refractivity contribution in [2.24, 2.45) is 0 Å². The molecule has 1 N–H and O–H groups in total. The Balaban J connectivity index is 1.91. The van der Waals surface area contributed by atoms with Crippen LogP contribution in [0.3, 0.4) is 0 Å². The zero-order valence-electron chi connectivity index (χ0n) is 19.1. The average molecular weight is 493 g/mol. The first-order valence-corrected chi connectivity index (χ1v) is 10.8. The molecule has 0 fully saturated rings. The maximum Gasteiger partial charge on any atom is 0.335 e. The number of fused-ring (bicyclic) bond motifs is 1. The molecule has 0 aliphatic carbocycles. The van der Waals surface area contributed by atoms with Crippen LogP contribution in [0, 0.1) is 0 Å². The van der Waals surface area contributed by atoms with E-state index in [0.717, 1.165) is 0 Å². The molecule has 0 saturated carbocycles. The minimum Gasteiger partial charge on any atom is -0.493 e. The number of benzene rings is 3. The van der Waals surface area contributed by atoms with Crippen molar-refractivity contribution in [3.63, 3.8) is 0 Å². The number of hydrogen-bond acceptors (Lipinski definition) is 6. The van der Waals surface area contributed by atoms with Gasteiger partial charge in [0.25, 0.3) is 5.56 Å². The Labute approximate surface area is 205 Å². The third-order valence-electron chi connectivity index (χ3n) is 5.34. The summed E-state index contributed by atoms with van der Waals surface area (Å²) in [5.41, 5.74) is 1.41. The van der Waals surface area contributed by atoms with Crippen LogP contribution >= 0.6 is 11.6 Å². The first-order valence-electron chi connectivity index (χ1n) is 10.4. The summed E-state index contributed by atoms with van der Waals surface area (Å²) in [6, 6.07) is 14.4. The van der Waals surface area contributed by atoms with Crippen molar-refractivity contribution in [2.75, 3.05) is 21.3 Å². The van der Waals surface area contributed by atoms with Crippen LogP contribution in [-0.2, 0) is 0 Å². The minimum absolute atomic E-state index is 0.108. The Hall–Kier alpha value is -4.30. The number of carboxylic acids is 1. The zero-order chi connectivity index (χ0) is 25.1. The maximum atomic E-state index is 13.4.